The summed E-state index contributed by atoms with van der Waals surface area (Å²) in [5.74, 6) is 0.279. The van der Waals surface area contributed by atoms with Crippen molar-refractivity contribution in [3.05, 3.63) is 58.9 Å². The zero-order chi connectivity index (χ0) is 23.0. The quantitative estimate of drug-likeness (QED) is 0.781. The monoisotopic (exact) mass is 438 g/mol. The summed E-state index contributed by atoms with van der Waals surface area (Å²) in [6, 6.07) is 7.68. The number of amides is 2. The number of nitrogens with one attached hydrogen (secondary N) is 1. The second-order valence-electron chi connectivity index (χ2n) is 9.59. The van der Waals surface area contributed by atoms with Crippen molar-refractivity contribution in [3.8, 4) is 0 Å². The summed E-state index contributed by atoms with van der Waals surface area (Å²) < 4.78 is 14.2. The molecule has 1 saturated heterocycles. The van der Waals surface area contributed by atoms with E-state index in [1.165, 1.54) is 31.8 Å². The Morgan fingerprint density at radius 3 is 2.75 bits per heavy atom. The molecule has 2 aromatic rings. The number of fused-ring (bicyclic) bond motifs is 1. The van der Waals surface area contributed by atoms with Gasteiger partial charge in [0.25, 0.3) is 5.91 Å². The molecule has 0 spiro atoms. The van der Waals surface area contributed by atoms with E-state index in [0.29, 0.717) is 29.2 Å². The van der Waals surface area contributed by atoms with Crippen molar-refractivity contribution in [1.29, 1.82) is 0 Å². The molecule has 1 fully saturated rings. The third kappa shape index (κ3) is 4.67. The molecule has 0 aliphatic carbocycles. The van der Waals surface area contributed by atoms with Gasteiger partial charge in [-0.25, -0.2) is 4.39 Å². The highest BCUT2D eigenvalue weighted by molar-refractivity contribution is 6.04. The molecule has 2 unspecified atom stereocenters. The van der Waals surface area contributed by atoms with Crippen molar-refractivity contribution in [2.45, 2.75) is 57.8 Å². The third-order valence-corrected chi connectivity index (χ3v) is 6.65. The first kappa shape index (κ1) is 22.4. The van der Waals surface area contributed by atoms with Gasteiger partial charge in [0.15, 0.2) is 0 Å². The van der Waals surface area contributed by atoms with Crippen LogP contribution in [0, 0.1) is 0 Å². The molecule has 6 nitrogen and oxygen atoms in total. The van der Waals surface area contributed by atoms with E-state index in [-0.39, 0.29) is 17.9 Å². The first-order chi connectivity index (χ1) is 15.1. The summed E-state index contributed by atoms with van der Waals surface area (Å²) in [7, 11) is 1.86. The van der Waals surface area contributed by atoms with Crippen LogP contribution in [0.5, 0.6) is 0 Å². The fourth-order valence-corrected chi connectivity index (χ4v) is 4.65. The Morgan fingerprint density at radius 1 is 1.25 bits per heavy atom. The van der Waals surface area contributed by atoms with Crippen molar-refractivity contribution in [3.63, 3.8) is 0 Å². The number of carbonyl (C=O) groups is 2. The molecule has 7 heteroatoms. The number of likely N-dealkylation sites (tertiary alicyclic amines) is 1. The summed E-state index contributed by atoms with van der Waals surface area (Å²) in [5.41, 5.74) is 2.28. The number of hydrogen-bond acceptors (Lipinski definition) is 4. The zero-order valence-corrected chi connectivity index (χ0v) is 19.2. The number of rotatable bonds is 4. The summed E-state index contributed by atoms with van der Waals surface area (Å²) in [5, 5.41) is 2.84. The van der Waals surface area contributed by atoms with Gasteiger partial charge in [-0.2, -0.15) is 0 Å². The number of hydrogen-bond donors (Lipinski definition) is 1. The number of benzene rings is 1. The maximum absolute atomic E-state index is 14.2. The predicted molar refractivity (Wildman–Crippen MR) is 122 cm³/mol. The Hall–Kier alpha value is -2.80. The maximum atomic E-state index is 14.2. The molecule has 1 N–H and O–H groups in total. The van der Waals surface area contributed by atoms with Gasteiger partial charge >= 0.3 is 0 Å². The Kier molecular flexibility index (Phi) is 6.03. The summed E-state index contributed by atoms with van der Waals surface area (Å²) in [6.45, 7) is 7.55. The van der Waals surface area contributed by atoms with Crippen LogP contribution in [0.2, 0.25) is 0 Å². The van der Waals surface area contributed by atoms with E-state index < -0.39 is 5.67 Å². The zero-order valence-electron chi connectivity index (χ0n) is 19.2. The molecule has 0 saturated carbocycles. The number of carbonyl (C=O) groups excluding carboxylic acids is 2. The lowest BCUT2D eigenvalue weighted by Crippen LogP contribution is -2.48. The van der Waals surface area contributed by atoms with Gasteiger partial charge in [-0.1, -0.05) is 13.0 Å². The molecule has 2 amide bonds. The lowest BCUT2D eigenvalue weighted by atomic mass is 9.87. The van der Waals surface area contributed by atoms with Gasteiger partial charge in [-0.15, -0.1) is 0 Å². The Morgan fingerprint density at radius 2 is 2.03 bits per heavy atom. The molecule has 170 valence electrons. The molecule has 2 aliphatic rings. The Labute approximate surface area is 188 Å². The lowest BCUT2D eigenvalue weighted by molar-refractivity contribution is -0.134. The van der Waals surface area contributed by atoms with Crippen molar-refractivity contribution in [1.82, 2.24) is 14.8 Å². The minimum Gasteiger partial charge on any atom is -0.346 e. The van der Waals surface area contributed by atoms with Gasteiger partial charge in [0.05, 0.1) is 11.9 Å². The lowest BCUT2D eigenvalue weighted by Gasteiger charge is -2.41. The van der Waals surface area contributed by atoms with Crippen LogP contribution in [-0.4, -0.2) is 52.8 Å². The normalized spacial score (nSPS) is 21.9. The largest absolute Gasteiger partial charge is 0.346 e. The Bertz CT molecular complexity index is 1030. The molecule has 32 heavy (non-hydrogen) atoms. The topological polar surface area (TPSA) is 65.5 Å². The molecular formula is C25H31FN4O2. The number of alkyl halides is 1. The van der Waals surface area contributed by atoms with Crippen LogP contribution in [0.15, 0.2) is 36.7 Å². The molecule has 3 heterocycles. The molecule has 0 bridgehead atoms. The highest BCUT2D eigenvalue weighted by atomic mass is 19.1. The van der Waals surface area contributed by atoms with E-state index in [1.54, 1.807) is 11.0 Å². The van der Waals surface area contributed by atoms with E-state index in [2.05, 4.69) is 22.1 Å². The van der Waals surface area contributed by atoms with Crippen molar-refractivity contribution < 1.29 is 14.0 Å². The Balaban J connectivity index is 1.51. The second kappa shape index (κ2) is 8.62. The van der Waals surface area contributed by atoms with Crippen LogP contribution < -0.4 is 5.32 Å². The number of aromatic nitrogens is 1. The molecule has 1 aromatic heterocycles. The van der Waals surface area contributed by atoms with Crippen LogP contribution in [0.1, 0.15) is 66.6 Å². The molecule has 2 atom stereocenters. The van der Waals surface area contributed by atoms with Crippen molar-refractivity contribution in [2.24, 2.45) is 0 Å². The molecular weight excluding hydrogens is 407 g/mol. The van der Waals surface area contributed by atoms with E-state index in [1.807, 2.05) is 25.2 Å². The molecule has 2 aliphatic heterocycles. The van der Waals surface area contributed by atoms with Crippen molar-refractivity contribution >= 4 is 17.5 Å². The van der Waals surface area contributed by atoms with Gasteiger partial charge in [0.1, 0.15) is 5.67 Å². The molecule has 1 aromatic carbocycles. The maximum Gasteiger partial charge on any atom is 0.255 e. The average molecular weight is 439 g/mol. The van der Waals surface area contributed by atoms with E-state index in [4.69, 9.17) is 0 Å². The van der Waals surface area contributed by atoms with Crippen molar-refractivity contribution in [2.75, 3.05) is 25.5 Å². The van der Waals surface area contributed by atoms with Gasteiger partial charge < -0.3 is 10.2 Å². The summed E-state index contributed by atoms with van der Waals surface area (Å²) in [4.78, 5) is 33.3. The highest BCUT2D eigenvalue weighted by Gasteiger charge is 2.32. The fraction of sp³-hybridized carbons (Fsp3) is 0.480. The summed E-state index contributed by atoms with van der Waals surface area (Å²) >= 11 is 0. The number of piperidine rings is 1. The number of halogens is 1. The smallest absolute Gasteiger partial charge is 0.255 e. The van der Waals surface area contributed by atoms with Gasteiger partial charge in [0, 0.05) is 56.5 Å². The van der Waals surface area contributed by atoms with Crippen LogP contribution in [0.4, 0.5) is 10.1 Å². The number of nitrogens with zero attached hydrogens (tertiary/aromatic N) is 3. The first-order valence-corrected chi connectivity index (χ1v) is 11.2. The number of anilines is 1. The third-order valence-electron chi connectivity index (χ3n) is 6.65. The SMILES string of the molecule is CC1CN(C2CCN(C)C(=O)C2)Cc2cc(C(=O)Nc3cncc(C(C)(C)F)c3)ccc21. The fourth-order valence-electron chi connectivity index (χ4n) is 4.65. The van der Waals surface area contributed by atoms with Crippen LogP contribution in [0.25, 0.3) is 0 Å². The molecule has 0 radical (unpaired) electrons. The van der Waals surface area contributed by atoms with E-state index in [9.17, 15) is 14.0 Å². The van der Waals surface area contributed by atoms with E-state index in [0.717, 1.165) is 31.6 Å². The first-order valence-electron chi connectivity index (χ1n) is 11.2. The summed E-state index contributed by atoms with van der Waals surface area (Å²) in [6.07, 6.45) is 4.51. The van der Waals surface area contributed by atoms with Gasteiger partial charge in [-0.05, 0) is 55.5 Å². The van der Waals surface area contributed by atoms with Gasteiger partial charge in [-0.3, -0.25) is 19.5 Å². The van der Waals surface area contributed by atoms with E-state index >= 15 is 0 Å². The molecule has 4 rings (SSSR count). The standard InChI is InChI=1S/C25H31FN4O2/c1-16-14-30(21-7-8-29(4)23(31)11-21)15-18-9-17(5-6-22(16)18)24(32)28-20-10-19(12-27-13-20)25(2,3)26/h5-6,9-10,12-13,16,21H,7-8,11,14-15H2,1-4H3,(H,28,32). The average Bonchev–Trinajstić information content (AvgIpc) is 2.74. The van der Waals surface area contributed by atoms with Crippen LogP contribution in [-0.2, 0) is 17.0 Å². The minimum atomic E-state index is -1.53. The van der Waals surface area contributed by atoms with Gasteiger partial charge in [0.2, 0.25) is 5.91 Å². The van der Waals surface area contributed by atoms with Crippen LogP contribution >= 0.6 is 0 Å². The number of pyridine rings is 1. The second-order valence-corrected chi connectivity index (χ2v) is 9.59. The highest BCUT2D eigenvalue weighted by Crippen LogP contribution is 2.32. The predicted octanol–water partition coefficient (Wildman–Crippen LogP) is 4.08. The van der Waals surface area contributed by atoms with Crippen LogP contribution in [0.3, 0.4) is 0 Å². The minimum absolute atomic E-state index is 0.195.